The molecule has 0 bridgehead atoms. The fraction of sp³-hybridized carbons (Fsp3) is 0.0833. The Hall–Kier alpha value is -2.43. The van der Waals surface area contributed by atoms with Gasteiger partial charge in [-0.1, -0.05) is 0 Å². The molecule has 0 amide bonds. The van der Waals surface area contributed by atoms with Crippen LogP contribution in [0.5, 0.6) is 0 Å². The lowest BCUT2D eigenvalue weighted by atomic mass is 10.2. The van der Waals surface area contributed by atoms with Crippen molar-refractivity contribution in [3.05, 3.63) is 49.2 Å². The van der Waals surface area contributed by atoms with Gasteiger partial charge in [0.2, 0.25) is 0 Å². The second-order valence-corrected chi connectivity index (χ2v) is 3.74. The van der Waals surface area contributed by atoms with Crippen molar-refractivity contribution in [1.29, 1.82) is 0 Å². The van der Waals surface area contributed by atoms with Crippen molar-refractivity contribution in [1.82, 2.24) is 24.5 Å². The summed E-state index contributed by atoms with van der Waals surface area (Å²) in [7, 11) is 1.90. The molecule has 3 heterocycles. The SMILES string of the molecule is Cn1cc(-c2ccnn2-c2cccnc2)cn1. The van der Waals surface area contributed by atoms with Crippen LogP contribution in [0, 0.1) is 0 Å². The van der Waals surface area contributed by atoms with Crippen molar-refractivity contribution < 1.29 is 0 Å². The monoisotopic (exact) mass is 225 g/mol. The van der Waals surface area contributed by atoms with Crippen LogP contribution in [0.3, 0.4) is 0 Å². The van der Waals surface area contributed by atoms with Gasteiger partial charge in [0.25, 0.3) is 0 Å². The first-order valence-corrected chi connectivity index (χ1v) is 5.28. The molecular formula is C12H11N5. The van der Waals surface area contributed by atoms with E-state index in [-0.39, 0.29) is 0 Å². The van der Waals surface area contributed by atoms with Crippen LogP contribution >= 0.6 is 0 Å². The highest BCUT2D eigenvalue weighted by Crippen LogP contribution is 2.20. The number of rotatable bonds is 2. The largest absolute Gasteiger partial charge is 0.275 e. The molecule has 0 aliphatic carbocycles. The summed E-state index contributed by atoms with van der Waals surface area (Å²) in [5, 5.41) is 8.48. The summed E-state index contributed by atoms with van der Waals surface area (Å²) in [6.07, 6.45) is 9.09. The molecule has 0 saturated heterocycles. The van der Waals surface area contributed by atoms with Gasteiger partial charge < -0.3 is 0 Å². The number of aryl methyl sites for hydroxylation is 1. The van der Waals surface area contributed by atoms with Gasteiger partial charge in [-0.3, -0.25) is 9.67 Å². The van der Waals surface area contributed by atoms with Gasteiger partial charge in [-0.15, -0.1) is 0 Å². The van der Waals surface area contributed by atoms with E-state index in [9.17, 15) is 0 Å². The second kappa shape index (κ2) is 3.86. The van der Waals surface area contributed by atoms with E-state index in [1.54, 1.807) is 23.3 Å². The minimum atomic E-state index is 0.941. The molecule has 84 valence electrons. The van der Waals surface area contributed by atoms with Crippen LogP contribution in [-0.4, -0.2) is 24.5 Å². The molecule has 0 radical (unpaired) electrons. The van der Waals surface area contributed by atoms with Crippen molar-refractivity contribution in [2.75, 3.05) is 0 Å². The Morgan fingerprint density at radius 1 is 1.06 bits per heavy atom. The molecule has 3 aromatic rings. The van der Waals surface area contributed by atoms with Crippen molar-refractivity contribution in [2.24, 2.45) is 7.05 Å². The van der Waals surface area contributed by atoms with E-state index in [0.717, 1.165) is 16.9 Å². The summed E-state index contributed by atoms with van der Waals surface area (Å²) < 4.78 is 3.62. The van der Waals surface area contributed by atoms with Crippen molar-refractivity contribution in [3.63, 3.8) is 0 Å². The van der Waals surface area contributed by atoms with E-state index in [4.69, 9.17) is 0 Å². The fourth-order valence-electron chi connectivity index (χ4n) is 1.76. The smallest absolute Gasteiger partial charge is 0.0836 e. The predicted molar refractivity (Wildman–Crippen MR) is 63.6 cm³/mol. The maximum Gasteiger partial charge on any atom is 0.0836 e. The highest BCUT2D eigenvalue weighted by atomic mass is 15.3. The zero-order chi connectivity index (χ0) is 11.7. The number of hydrogen-bond acceptors (Lipinski definition) is 3. The van der Waals surface area contributed by atoms with Crippen LogP contribution in [0.25, 0.3) is 16.9 Å². The topological polar surface area (TPSA) is 48.5 Å². The van der Waals surface area contributed by atoms with Crippen LogP contribution in [0.1, 0.15) is 0 Å². The number of aromatic nitrogens is 5. The summed E-state index contributed by atoms with van der Waals surface area (Å²) in [4.78, 5) is 4.10. The van der Waals surface area contributed by atoms with Crippen molar-refractivity contribution >= 4 is 0 Å². The van der Waals surface area contributed by atoms with Crippen LogP contribution in [0.2, 0.25) is 0 Å². The molecule has 0 unspecified atom stereocenters. The van der Waals surface area contributed by atoms with Crippen molar-refractivity contribution in [3.8, 4) is 16.9 Å². The summed E-state index contributed by atoms with van der Waals surface area (Å²) in [6, 6.07) is 5.83. The first kappa shape index (κ1) is 9.77. The lowest BCUT2D eigenvalue weighted by molar-refractivity contribution is 0.768. The van der Waals surface area contributed by atoms with Gasteiger partial charge in [-0.05, 0) is 18.2 Å². The minimum absolute atomic E-state index is 0.941. The molecule has 0 spiro atoms. The van der Waals surface area contributed by atoms with Gasteiger partial charge in [0.1, 0.15) is 0 Å². The molecule has 0 N–H and O–H groups in total. The van der Waals surface area contributed by atoms with Crippen LogP contribution in [-0.2, 0) is 7.05 Å². The van der Waals surface area contributed by atoms with Crippen LogP contribution in [0.15, 0.2) is 49.2 Å². The number of nitrogens with zero attached hydrogens (tertiary/aromatic N) is 5. The highest BCUT2D eigenvalue weighted by molar-refractivity contribution is 5.59. The maximum atomic E-state index is 4.31. The maximum absolute atomic E-state index is 4.31. The standard InChI is InChI=1S/C12H11N5/c1-16-9-10(7-15-16)12-4-6-14-17(12)11-3-2-5-13-8-11/h2-9H,1H3. The third-order valence-corrected chi connectivity index (χ3v) is 2.53. The molecule has 0 atom stereocenters. The second-order valence-electron chi connectivity index (χ2n) is 3.74. The molecule has 0 aliphatic heterocycles. The van der Waals surface area contributed by atoms with Gasteiger partial charge in [-0.25, -0.2) is 4.68 Å². The van der Waals surface area contributed by atoms with Crippen LogP contribution < -0.4 is 0 Å². The Balaban J connectivity index is 2.12. The lowest BCUT2D eigenvalue weighted by Crippen LogP contribution is -1.98. The van der Waals surface area contributed by atoms with Gasteiger partial charge in [-0.2, -0.15) is 10.2 Å². The lowest BCUT2D eigenvalue weighted by Gasteiger charge is -2.04. The van der Waals surface area contributed by atoms with E-state index in [2.05, 4.69) is 15.2 Å². The Morgan fingerprint density at radius 3 is 2.71 bits per heavy atom. The third-order valence-electron chi connectivity index (χ3n) is 2.53. The molecule has 5 heteroatoms. The van der Waals surface area contributed by atoms with Crippen LogP contribution in [0.4, 0.5) is 0 Å². The van der Waals surface area contributed by atoms with Gasteiger partial charge >= 0.3 is 0 Å². The van der Waals surface area contributed by atoms with E-state index in [1.807, 2.05) is 42.3 Å². The average molecular weight is 225 g/mol. The fourth-order valence-corrected chi connectivity index (χ4v) is 1.76. The number of hydrogen-bond donors (Lipinski definition) is 0. The Morgan fingerprint density at radius 2 is 2.00 bits per heavy atom. The Labute approximate surface area is 98.3 Å². The molecule has 0 aliphatic rings. The highest BCUT2D eigenvalue weighted by Gasteiger charge is 2.08. The van der Waals surface area contributed by atoms with E-state index in [1.165, 1.54) is 0 Å². The van der Waals surface area contributed by atoms with E-state index < -0.39 is 0 Å². The molecule has 0 aromatic carbocycles. The Kier molecular flexibility index (Phi) is 2.22. The normalized spacial score (nSPS) is 10.6. The Bertz CT molecular complexity index is 623. The summed E-state index contributed by atoms with van der Waals surface area (Å²) >= 11 is 0. The minimum Gasteiger partial charge on any atom is -0.275 e. The number of pyridine rings is 1. The summed E-state index contributed by atoms with van der Waals surface area (Å²) in [5.41, 5.74) is 2.98. The quantitative estimate of drug-likeness (QED) is 0.666. The molecule has 3 aromatic heterocycles. The molecular weight excluding hydrogens is 214 g/mol. The van der Waals surface area contributed by atoms with E-state index >= 15 is 0 Å². The van der Waals surface area contributed by atoms with Gasteiger partial charge in [0.15, 0.2) is 0 Å². The molecule has 5 nitrogen and oxygen atoms in total. The molecule has 3 rings (SSSR count). The summed E-state index contributed by atoms with van der Waals surface area (Å²) in [6.45, 7) is 0. The average Bonchev–Trinajstić information content (AvgIpc) is 2.98. The van der Waals surface area contributed by atoms with E-state index in [0.29, 0.717) is 0 Å². The molecule has 0 fully saturated rings. The third kappa shape index (κ3) is 1.71. The van der Waals surface area contributed by atoms with Crippen molar-refractivity contribution in [2.45, 2.75) is 0 Å². The molecule has 0 saturated carbocycles. The zero-order valence-electron chi connectivity index (χ0n) is 9.35. The predicted octanol–water partition coefficient (Wildman–Crippen LogP) is 1.67. The zero-order valence-corrected chi connectivity index (χ0v) is 9.35. The first-order chi connectivity index (χ1) is 8.34. The first-order valence-electron chi connectivity index (χ1n) is 5.28. The summed E-state index contributed by atoms with van der Waals surface area (Å²) in [5.74, 6) is 0. The van der Waals surface area contributed by atoms with Gasteiger partial charge in [0, 0.05) is 25.0 Å². The molecule has 17 heavy (non-hydrogen) atoms. The van der Waals surface area contributed by atoms with Gasteiger partial charge in [0.05, 0.1) is 30.0 Å².